The molecule has 1 fully saturated rings. The second-order valence-electron chi connectivity index (χ2n) is 5.44. The van der Waals surface area contributed by atoms with Crippen molar-refractivity contribution in [2.75, 3.05) is 31.1 Å². The van der Waals surface area contributed by atoms with Crippen molar-refractivity contribution in [2.24, 2.45) is 0 Å². The SMILES string of the molecule is O=S(=O)(c1ccc(F)c(F)c1)N1CCN(c2ccc(F)cc2)CC1. The molecule has 0 aromatic heterocycles. The second-order valence-corrected chi connectivity index (χ2v) is 7.38. The van der Waals surface area contributed by atoms with Crippen LogP contribution in [0.2, 0.25) is 0 Å². The van der Waals surface area contributed by atoms with Gasteiger partial charge in [0.25, 0.3) is 0 Å². The second kappa shape index (κ2) is 6.45. The topological polar surface area (TPSA) is 40.6 Å². The Balaban J connectivity index is 1.73. The lowest BCUT2D eigenvalue weighted by Gasteiger charge is -2.35. The first-order valence-corrected chi connectivity index (χ1v) is 8.77. The average Bonchev–Trinajstić information content (AvgIpc) is 2.58. The van der Waals surface area contributed by atoms with E-state index in [4.69, 9.17) is 0 Å². The number of rotatable bonds is 3. The number of anilines is 1. The van der Waals surface area contributed by atoms with E-state index in [0.717, 1.165) is 17.8 Å². The Morgan fingerprint density at radius 1 is 0.792 bits per heavy atom. The van der Waals surface area contributed by atoms with Gasteiger partial charge < -0.3 is 4.90 Å². The Morgan fingerprint density at radius 3 is 2.00 bits per heavy atom. The molecule has 0 amide bonds. The van der Waals surface area contributed by atoms with E-state index in [1.807, 2.05) is 4.90 Å². The zero-order valence-electron chi connectivity index (χ0n) is 12.6. The van der Waals surface area contributed by atoms with Gasteiger partial charge in [0.2, 0.25) is 10.0 Å². The van der Waals surface area contributed by atoms with E-state index in [1.54, 1.807) is 12.1 Å². The first-order chi connectivity index (χ1) is 11.4. The van der Waals surface area contributed by atoms with Crippen LogP contribution in [0, 0.1) is 17.5 Å². The normalized spacial score (nSPS) is 16.4. The van der Waals surface area contributed by atoms with E-state index in [2.05, 4.69) is 0 Å². The highest BCUT2D eigenvalue weighted by atomic mass is 32.2. The smallest absolute Gasteiger partial charge is 0.243 e. The van der Waals surface area contributed by atoms with Gasteiger partial charge in [-0.3, -0.25) is 0 Å². The number of piperazine rings is 1. The number of sulfonamides is 1. The Morgan fingerprint density at radius 2 is 1.42 bits per heavy atom. The summed E-state index contributed by atoms with van der Waals surface area (Å²) in [6, 6.07) is 8.51. The molecular weight excluding hydrogens is 341 g/mol. The zero-order chi connectivity index (χ0) is 17.3. The van der Waals surface area contributed by atoms with Crippen molar-refractivity contribution in [2.45, 2.75) is 4.90 Å². The van der Waals surface area contributed by atoms with E-state index < -0.39 is 21.7 Å². The summed E-state index contributed by atoms with van der Waals surface area (Å²) < 4.78 is 65.5. The highest BCUT2D eigenvalue weighted by molar-refractivity contribution is 7.89. The van der Waals surface area contributed by atoms with E-state index >= 15 is 0 Å². The highest BCUT2D eigenvalue weighted by Gasteiger charge is 2.29. The first-order valence-electron chi connectivity index (χ1n) is 7.33. The Hall–Kier alpha value is -2.06. The molecule has 0 radical (unpaired) electrons. The largest absolute Gasteiger partial charge is 0.369 e. The van der Waals surface area contributed by atoms with Crippen molar-refractivity contribution in [3.05, 3.63) is 59.9 Å². The molecule has 2 aromatic rings. The number of nitrogens with zero attached hydrogens (tertiary/aromatic N) is 2. The van der Waals surface area contributed by atoms with Crippen LogP contribution in [0.25, 0.3) is 0 Å². The van der Waals surface area contributed by atoms with Crippen molar-refractivity contribution in [1.82, 2.24) is 4.31 Å². The Kier molecular flexibility index (Phi) is 4.51. The van der Waals surface area contributed by atoms with Gasteiger partial charge in [0.1, 0.15) is 5.82 Å². The summed E-state index contributed by atoms with van der Waals surface area (Å²) in [5.74, 6) is -2.62. The van der Waals surface area contributed by atoms with Crippen molar-refractivity contribution >= 4 is 15.7 Å². The molecule has 3 rings (SSSR count). The van der Waals surface area contributed by atoms with Crippen molar-refractivity contribution < 1.29 is 21.6 Å². The van der Waals surface area contributed by atoms with Gasteiger partial charge >= 0.3 is 0 Å². The van der Waals surface area contributed by atoms with E-state index in [9.17, 15) is 21.6 Å². The molecule has 24 heavy (non-hydrogen) atoms. The summed E-state index contributed by atoms with van der Waals surface area (Å²) >= 11 is 0. The van der Waals surface area contributed by atoms with E-state index in [0.29, 0.717) is 19.2 Å². The standard InChI is InChI=1S/C16H15F3N2O2S/c17-12-1-3-13(4-2-12)20-7-9-21(10-8-20)24(22,23)14-5-6-15(18)16(19)11-14/h1-6,11H,7-10H2. The monoisotopic (exact) mass is 356 g/mol. The van der Waals surface area contributed by atoms with Crippen LogP contribution in [0.1, 0.15) is 0 Å². The van der Waals surface area contributed by atoms with Gasteiger partial charge in [0.05, 0.1) is 4.90 Å². The van der Waals surface area contributed by atoms with Crippen molar-refractivity contribution in [3.8, 4) is 0 Å². The maximum Gasteiger partial charge on any atom is 0.243 e. The molecule has 0 saturated carbocycles. The van der Waals surface area contributed by atoms with Crippen molar-refractivity contribution in [3.63, 3.8) is 0 Å². The Bertz CT molecular complexity index is 833. The molecule has 1 aliphatic heterocycles. The van der Waals surface area contributed by atoms with Gasteiger partial charge in [-0.2, -0.15) is 4.31 Å². The van der Waals surface area contributed by atoms with Crippen LogP contribution < -0.4 is 4.90 Å². The maximum atomic E-state index is 13.3. The molecule has 1 aliphatic rings. The first kappa shape index (κ1) is 16.8. The lowest BCUT2D eigenvalue weighted by Crippen LogP contribution is -2.48. The van der Waals surface area contributed by atoms with Gasteiger partial charge in [-0.15, -0.1) is 0 Å². The summed E-state index contributed by atoms with van der Waals surface area (Å²) in [6.07, 6.45) is 0. The highest BCUT2D eigenvalue weighted by Crippen LogP contribution is 2.22. The predicted molar refractivity (Wildman–Crippen MR) is 83.7 cm³/mol. The van der Waals surface area contributed by atoms with Crippen LogP contribution in [0.15, 0.2) is 47.4 Å². The lowest BCUT2D eigenvalue weighted by molar-refractivity contribution is 0.384. The van der Waals surface area contributed by atoms with Crippen LogP contribution in [0.3, 0.4) is 0 Å². The molecule has 0 spiro atoms. The summed E-state index contributed by atoms with van der Waals surface area (Å²) in [5, 5.41) is 0. The van der Waals surface area contributed by atoms with Crippen LogP contribution in [-0.2, 0) is 10.0 Å². The van der Waals surface area contributed by atoms with E-state index in [-0.39, 0.29) is 23.8 Å². The molecule has 0 N–H and O–H groups in total. The third kappa shape index (κ3) is 3.25. The zero-order valence-corrected chi connectivity index (χ0v) is 13.4. The molecule has 8 heteroatoms. The number of benzene rings is 2. The van der Waals surface area contributed by atoms with Crippen LogP contribution in [0.5, 0.6) is 0 Å². The summed E-state index contributed by atoms with van der Waals surface area (Å²) in [4.78, 5) is 1.67. The lowest BCUT2D eigenvalue weighted by atomic mass is 10.2. The average molecular weight is 356 g/mol. The van der Waals surface area contributed by atoms with Crippen LogP contribution in [0.4, 0.5) is 18.9 Å². The summed E-state index contributed by atoms with van der Waals surface area (Å²) in [7, 11) is -3.87. The molecule has 0 aliphatic carbocycles. The van der Waals surface area contributed by atoms with Crippen molar-refractivity contribution in [1.29, 1.82) is 0 Å². The fourth-order valence-electron chi connectivity index (χ4n) is 2.62. The molecule has 0 bridgehead atoms. The minimum absolute atomic E-state index is 0.207. The van der Waals surface area contributed by atoms with Gasteiger partial charge in [-0.1, -0.05) is 0 Å². The molecule has 0 unspecified atom stereocenters. The van der Waals surface area contributed by atoms with Gasteiger partial charge in [0, 0.05) is 31.9 Å². The van der Waals surface area contributed by atoms with Crippen LogP contribution in [-0.4, -0.2) is 38.9 Å². The molecule has 128 valence electrons. The molecule has 1 saturated heterocycles. The number of halogens is 3. The maximum absolute atomic E-state index is 13.3. The fourth-order valence-corrected chi connectivity index (χ4v) is 4.06. The van der Waals surface area contributed by atoms with E-state index in [1.165, 1.54) is 16.4 Å². The minimum atomic E-state index is -3.87. The number of hydrogen-bond donors (Lipinski definition) is 0. The third-order valence-electron chi connectivity index (χ3n) is 3.96. The van der Waals surface area contributed by atoms with Gasteiger partial charge in [0.15, 0.2) is 11.6 Å². The third-order valence-corrected chi connectivity index (χ3v) is 5.85. The van der Waals surface area contributed by atoms with Gasteiger partial charge in [-0.05, 0) is 42.5 Å². The van der Waals surface area contributed by atoms with Gasteiger partial charge in [-0.25, -0.2) is 21.6 Å². The summed E-state index contributed by atoms with van der Waals surface area (Å²) in [6.45, 7) is 1.26. The fraction of sp³-hybridized carbons (Fsp3) is 0.250. The molecule has 4 nitrogen and oxygen atoms in total. The molecule has 1 heterocycles. The number of hydrogen-bond acceptors (Lipinski definition) is 3. The van der Waals surface area contributed by atoms with Crippen LogP contribution >= 0.6 is 0 Å². The molecule has 0 atom stereocenters. The Labute approximate surface area is 138 Å². The summed E-state index contributed by atoms with van der Waals surface area (Å²) in [5.41, 5.74) is 0.807. The molecule has 2 aromatic carbocycles. The molecular formula is C16H15F3N2O2S. The quantitative estimate of drug-likeness (QED) is 0.849. The predicted octanol–water partition coefficient (Wildman–Crippen LogP) is 2.61. The minimum Gasteiger partial charge on any atom is -0.369 e.